The number of piperazine rings is 1. The molecule has 1 aliphatic rings. The predicted octanol–water partition coefficient (Wildman–Crippen LogP) is 0.686. The Morgan fingerprint density at radius 2 is 1.76 bits per heavy atom. The minimum Gasteiger partial charge on any atom is -0.395 e. The molecule has 3 heterocycles. The molecule has 33 heavy (non-hydrogen) atoms. The summed E-state index contributed by atoms with van der Waals surface area (Å²) < 4.78 is 0. The summed E-state index contributed by atoms with van der Waals surface area (Å²) in [6.45, 7) is 6.40. The molecule has 178 valence electrons. The van der Waals surface area contributed by atoms with E-state index < -0.39 is 0 Å². The lowest BCUT2D eigenvalue weighted by Gasteiger charge is -2.36. The van der Waals surface area contributed by atoms with E-state index in [0.717, 1.165) is 11.5 Å². The second-order valence-corrected chi connectivity index (χ2v) is 8.12. The first-order valence-corrected chi connectivity index (χ1v) is 11.2. The van der Waals surface area contributed by atoms with Crippen molar-refractivity contribution in [2.75, 3.05) is 62.7 Å². The minimum atomic E-state index is -0.348. The fourth-order valence-corrected chi connectivity index (χ4v) is 3.74. The maximum Gasteiger partial charge on any atom is 0.272 e. The molecule has 1 aliphatic heterocycles. The van der Waals surface area contributed by atoms with Gasteiger partial charge in [-0.15, -0.1) is 0 Å². The van der Waals surface area contributed by atoms with E-state index in [0.29, 0.717) is 31.7 Å². The van der Waals surface area contributed by atoms with Crippen LogP contribution in [0, 0.1) is 0 Å². The summed E-state index contributed by atoms with van der Waals surface area (Å²) in [5, 5.41) is 21.6. The number of aromatic nitrogens is 2. The van der Waals surface area contributed by atoms with Crippen molar-refractivity contribution in [3.05, 3.63) is 47.9 Å². The van der Waals surface area contributed by atoms with Gasteiger partial charge in [0, 0.05) is 57.7 Å². The zero-order chi connectivity index (χ0) is 23.8. The number of nitrogens with one attached hydrogen (secondary N) is 1. The summed E-state index contributed by atoms with van der Waals surface area (Å²) in [5.74, 6) is 0.353. The van der Waals surface area contributed by atoms with Crippen molar-refractivity contribution in [2.45, 2.75) is 19.9 Å². The molecule has 0 unspecified atom stereocenters. The minimum absolute atomic E-state index is 0.120. The highest BCUT2D eigenvalue weighted by molar-refractivity contribution is 5.96. The Morgan fingerprint density at radius 1 is 1.06 bits per heavy atom. The van der Waals surface area contributed by atoms with E-state index in [1.807, 2.05) is 12.1 Å². The lowest BCUT2D eigenvalue weighted by atomic mass is 10.2. The van der Waals surface area contributed by atoms with Crippen molar-refractivity contribution in [2.24, 2.45) is 0 Å². The lowest BCUT2D eigenvalue weighted by Crippen LogP contribution is -2.49. The number of rotatable bonds is 9. The van der Waals surface area contributed by atoms with Gasteiger partial charge in [-0.1, -0.05) is 0 Å². The number of hydrogen-bond donors (Lipinski definition) is 3. The van der Waals surface area contributed by atoms with Gasteiger partial charge in [-0.05, 0) is 38.1 Å². The van der Waals surface area contributed by atoms with Gasteiger partial charge in [-0.3, -0.25) is 14.6 Å². The van der Waals surface area contributed by atoms with Crippen LogP contribution in [0.5, 0.6) is 0 Å². The quantitative estimate of drug-likeness (QED) is 0.504. The van der Waals surface area contributed by atoms with E-state index in [1.54, 1.807) is 23.2 Å². The van der Waals surface area contributed by atoms with Crippen molar-refractivity contribution < 1.29 is 19.8 Å². The maximum atomic E-state index is 12.9. The Bertz CT molecular complexity index is 923. The number of anilines is 2. The predicted molar refractivity (Wildman–Crippen MR) is 125 cm³/mol. The topological polar surface area (TPSA) is 122 Å². The molecule has 1 saturated heterocycles. The van der Waals surface area contributed by atoms with E-state index in [1.165, 1.54) is 11.1 Å². The first-order chi connectivity index (χ1) is 15.9. The molecule has 3 rings (SSSR count). The molecule has 0 bridgehead atoms. The third-order valence-corrected chi connectivity index (χ3v) is 5.35. The van der Waals surface area contributed by atoms with Crippen LogP contribution in [0.1, 0.15) is 34.7 Å². The van der Waals surface area contributed by atoms with Crippen LogP contribution in [0.15, 0.2) is 36.7 Å². The van der Waals surface area contributed by atoms with Crippen LogP contribution in [0.25, 0.3) is 0 Å². The molecule has 0 radical (unpaired) electrons. The van der Waals surface area contributed by atoms with Gasteiger partial charge in [0.1, 0.15) is 5.69 Å². The molecule has 0 aromatic carbocycles. The van der Waals surface area contributed by atoms with Crippen LogP contribution in [0.3, 0.4) is 0 Å². The summed E-state index contributed by atoms with van der Waals surface area (Å²) in [5.41, 5.74) is 1.56. The van der Waals surface area contributed by atoms with Crippen LogP contribution in [0.2, 0.25) is 0 Å². The average molecular weight is 457 g/mol. The lowest BCUT2D eigenvalue weighted by molar-refractivity contribution is 0.0682. The molecule has 0 aliphatic carbocycles. The highest BCUT2D eigenvalue weighted by atomic mass is 16.3. The summed E-state index contributed by atoms with van der Waals surface area (Å²) in [7, 11) is 0. The van der Waals surface area contributed by atoms with Crippen LogP contribution in [0.4, 0.5) is 11.5 Å². The normalized spacial score (nSPS) is 13.8. The summed E-state index contributed by atoms with van der Waals surface area (Å²) in [4.78, 5) is 39.5. The van der Waals surface area contributed by atoms with Gasteiger partial charge in [0.2, 0.25) is 0 Å². The van der Waals surface area contributed by atoms with Gasteiger partial charge in [-0.2, -0.15) is 0 Å². The zero-order valence-corrected chi connectivity index (χ0v) is 19.1. The molecule has 2 aromatic rings. The zero-order valence-electron chi connectivity index (χ0n) is 19.1. The van der Waals surface area contributed by atoms with E-state index in [2.05, 4.69) is 34.0 Å². The van der Waals surface area contributed by atoms with E-state index in [-0.39, 0.29) is 49.9 Å². The number of carbonyl (C=O) groups excluding carboxylic acids is 2. The molecule has 0 atom stereocenters. The molecular formula is C23H32N6O4. The smallest absolute Gasteiger partial charge is 0.272 e. The van der Waals surface area contributed by atoms with Crippen molar-refractivity contribution in [3.63, 3.8) is 0 Å². The SMILES string of the molecule is CC(C)Nc1cccnc1N1CCN(C(=O)c2ccc(C(=O)N(CCO)CCO)cn2)CC1. The number of amides is 2. The first-order valence-electron chi connectivity index (χ1n) is 11.2. The molecule has 2 aromatic heterocycles. The summed E-state index contributed by atoms with van der Waals surface area (Å²) >= 11 is 0. The van der Waals surface area contributed by atoms with Crippen LogP contribution >= 0.6 is 0 Å². The van der Waals surface area contributed by atoms with Crippen molar-refractivity contribution in [1.29, 1.82) is 0 Å². The van der Waals surface area contributed by atoms with E-state index in [4.69, 9.17) is 10.2 Å². The number of pyridine rings is 2. The highest BCUT2D eigenvalue weighted by Gasteiger charge is 2.25. The number of nitrogens with zero attached hydrogens (tertiary/aromatic N) is 5. The molecule has 10 heteroatoms. The molecule has 0 spiro atoms. The number of hydrogen-bond acceptors (Lipinski definition) is 8. The Morgan fingerprint density at radius 3 is 2.33 bits per heavy atom. The average Bonchev–Trinajstić information content (AvgIpc) is 2.83. The van der Waals surface area contributed by atoms with Crippen molar-refractivity contribution >= 4 is 23.3 Å². The second-order valence-electron chi connectivity index (χ2n) is 8.12. The van der Waals surface area contributed by atoms with E-state index >= 15 is 0 Å². The largest absolute Gasteiger partial charge is 0.395 e. The monoisotopic (exact) mass is 456 g/mol. The maximum absolute atomic E-state index is 12.9. The molecular weight excluding hydrogens is 424 g/mol. The molecule has 2 amide bonds. The Labute approximate surface area is 193 Å². The van der Waals surface area contributed by atoms with E-state index in [9.17, 15) is 9.59 Å². The first kappa shape index (κ1) is 24.4. The van der Waals surface area contributed by atoms with Crippen LogP contribution in [-0.2, 0) is 0 Å². The number of aliphatic hydroxyl groups is 2. The molecule has 3 N–H and O–H groups in total. The molecule has 1 fully saturated rings. The van der Waals surface area contributed by atoms with Gasteiger partial charge in [-0.25, -0.2) is 4.98 Å². The van der Waals surface area contributed by atoms with Crippen molar-refractivity contribution in [1.82, 2.24) is 19.8 Å². The Kier molecular flexibility index (Phi) is 8.56. The van der Waals surface area contributed by atoms with Gasteiger partial charge in [0.25, 0.3) is 11.8 Å². The fraction of sp³-hybridized carbons (Fsp3) is 0.478. The number of aliphatic hydroxyl groups excluding tert-OH is 2. The molecule has 10 nitrogen and oxygen atoms in total. The van der Waals surface area contributed by atoms with Gasteiger partial charge in [0.05, 0.1) is 24.5 Å². The standard InChI is InChI=1S/C23H32N6O4/c1-17(2)26-19-4-3-7-24-21(19)27-8-10-28(11-9-27)23(33)20-6-5-18(16-25-20)22(32)29(12-14-30)13-15-31/h3-7,16-17,26,30-31H,8-15H2,1-2H3. The third kappa shape index (κ3) is 6.17. The number of carbonyl (C=O) groups is 2. The van der Waals surface area contributed by atoms with Gasteiger partial charge >= 0.3 is 0 Å². The van der Waals surface area contributed by atoms with Gasteiger partial charge < -0.3 is 30.2 Å². The Hall–Kier alpha value is -3.24. The van der Waals surface area contributed by atoms with Crippen LogP contribution in [-0.4, -0.2) is 100 Å². The summed E-state index contributed by atoms with van der Waals surface area (Å²) in [6.07, 6.45) is 3.14. The van der Waals surface area contributed by atoms with Gasteiger partial charge in [0.15, 0.2) is 5.82 Å². The second kappa shape index (κ2) is 11.6. The summed E-state index contributed by atoms with van der Waals surface area (Å²) in [6, 6.07) is 7.30. The van der Waals surface area contributed by atoms with Crippen LogP contribution < -0.4 is 10.2 Å². The van der Waals surface area contributed by atoms with Crippen molar-refractivity contribution in [3.8, 4) is 0 Å². The fourth-order valence-electron chi connectivity index (χ4n) is 3.74. The highest BCUT2D eigenvalue weighted by Crippen LogP contribution is 2.24. The Balaban J connectivity index is 1.62. The molecule has 0 saturated carbocycles. The third-order valence-electron chi connectivity index (χ3n) is 5.35.